The fourth-order valence-electron chi connectivity index (χ4n) is 11.6. The van der Waals surface area contributed by atoms with Gasteiger partial charge in [0.1, 0.15) is 16.6 Å². The number of nitrogens with one attached hydrogen (secondary N) is 2. The van der Waals surface area contributed by atoms with E-state index in [-0.39, 0.29) is 28.7 Å². The second-order valence-electron chi connectivity index (χ2n) is 29.9. The third kappa shape index (κ3) is 34.0. The van der Waals surface area contributed by atoms with E-state index in [2.05, 4.69) is 214 Å². The SMILES string of the molecule is CC(C)c1ccc(Cn2cccn2)cc1.CC(C)c1ccc(N2CCCC2)nc1.CC(C)c1ccccc1CC(F)(F)F.CC(C)c1ccccc1OC(F)(F)F.CC(C)c1csc(-n2ccccc2=O)c1.CC(C)c1csc(Cn2ccccc2=O)c1.CNCc1cc(C(C)C)ccn1.CNCc1ccccc1C(C)C. The molecule has 0 amide bonds. The summed E-state index contributed by atoms with van der Waals surface area (Å²) in [7, 11) is 3.92. The molecular formula is C92H119F6N9O3S2. The molecule has 20 heteroatoms. The van der Waals surface area contributed by atoms with Crippen LogP contribution < -0.4 is 31.4 Å². The molecule has 0 spiro atoms. The van der Waals surface area contributed by atoms with Gasteiger partial charge in [0, 0.05) is 80.4 Å². The number of nitrogens with zero attached hydrogens (tertiary/aromatic N) is 7. The van der Waals surface area contributed by atoms with Gasteiger partial charge in [-0.3, -0.25) is 23.8 Å². The summed E-state index contributed by atoms with van der Waals surface area (Å²) in [6.07, 6.45) is 4.37. The quantitative estimate of drug-likeness (QED) is 0.0718. The summed E-state index contributed by atoms with van der Waals surface area (Å²) in [5.41, 5.74) is 13.8. The van der Waals surface area contributed by atoms with E-state index in [4.69, 9.17) is 0 Å². The fourth-order valence-corrected chi connectivity index (χ4v) is 13.7. The van der Waals surface area contributed by atoms with Crippen LogP contribution in [0.25, 0.3) is 5.00 Å². The lowest BCUT2D eigenvalue weighted by atomic mass is 9.95. The van der Waals surface area contributed by atoms with Crippen molar-refractivity contribution in [2.75, 3.05) is 32.1 Å². The number of para-hydroxylation sites is 1. The Hall–Kier alpha value is -9.21. The molecule has 0 saturated carbocycles. The summed E-state index contributed by atoms with van der Waals surface area (Å²) in [5.74, 6) is 4.62. The number of ether oxygens (including phenoxy) is 1. The van der Waals surface area contributed by atoms with Crippen molar-refractivity contribution in [2.45, 2.75) is 216 Å². The zero-order valence-electron chi connectivity index (χ0n) is 68.8. The van der Waals surface area contributed by atoms with E-state index in [0.717, 1.165) is 41.7 Å². The van der Waals surface area contributed by atoms with E-state index in [1.807, 2.05) is 95.7 Å². The number of aromatic nitrogens is 6. The Morgan fingerprint density at radius 2 is 0.991 bits per heavy atom. The van der Waals surface area contributed by atoms with Gasteiger partial charge < -0.3 is 24.8 Å². The summed E-state index contributed by atoms with van der Waals surface area (Å²) in [6.45, 7) is 39.5. The molecule has 0 aliphatic carbocycles. The molecular weight excluding hydrogens is 1460 g/mol. The summed E-state index contributed by atoms with van der Waals surface area (Å²) < 4.78 is 81.7. The molecule has 7 aromatic heterocycles. The lowest BCUT2D eigenvalue weighted by molar-refractivity contribution is -0.275. The van der Waals surface area contributed by atoms with Crippen LogP contribution in [0, 0.1) is 0 Å². The molecule has 1 fully saturated rings. The fraction of sp³-hybridized carbons (Fsp3) is 0.402. The minimum Gasteiger partial charge on any atom is -0.405 e. The molecule has 112 heavy (non-hydrogen) atoms. The van der Waals surface area contributed by atoms with Crippen LogP contribution in [0.1, 0.15) is 243 Å². The average molecular weight is 1580 g/mol. The number of halogens is 6. The Morgan fingerprint density at radius 1 is 0.464 bits per heavy atom. The molecule has 0 unspecified atom stereocenters. The first-order valence-electron chi connectivity index (χ1n) is 38.7. The van der Waals surface area contributed by atoms with E-state index in [9.17, 15) is 35.9 Å². The number of rotatable bonds is 20. The van der Waals surface area contributed by atoms with Crippen LogP contribution in [0.4, 0.5) is 32.2 Å². The standard InChI is InChI=1S/C13H16N2.C13H15NOS.C12H18N2.C12H13NOS.C11H13F3.C11H17N.C10H11F3O.C10H16N2/c1-11(2)13-6-4-12(5-7-13)10-15-9-3-8-14-15;1-10(2)11-7-12(16-9-11)8-14-6-4-3-5-13(14)15;1-10(2)11-5-6-12(13-9-11)14-7-3-4-8-14;1-9(2)10-7-12(15-8-10)13-6-4-3-5-11(13)14;1-8(2)10-6-4-3-5-9(10)7-11(12,13)14;1-9(2)11-7-5-4-6-10(11)8-12-3;1-7(2)8-5-3-4-6-9(8)14-10(11,12)13;1-8(2)9-4-5-12-10(6-9)7-11-3/h3-9,11H,10H2,1-2H3;3-7,9-10H,8H2,1-2H3;5-6,9-10H,3-4,7-8H2,1-2H3;3-9H,1-2H3;3-6,8H,7H2,1-2H3;4-7,9,12H,8H2,1-3H3;3-7H,1-2H3;4-6,8,11H,7H2,1-3H3. The third-order valence-corrected chi connectivity index (χ3v) is 19.9. The topological polar surface area (TPSA) is 124 Å². The lowest BCUT2D eigenvalue weighted by Crippen LogP contribution is -2.18. The van der Waals surface area contributed by atoms with Gasteiger partial charge in [0.05, 0.1) is 25.2 Å². The largest absolute Gasteiger partial charge is 0.573 e. The highest BCUT2D eigenvalue weighted by Gasteiger charge is 2.32. The van der Waals surface area contributed by atoms with Crippen molar-refractivity contribution < 1.29 is 31.1 Å². The second kappa shape index (κ2) is 48.0. The van der Waals surface area contributed by atoms with Gasteiger partial charge in [-0.25, -0.2) is 4.98 Å². The predicted molar refractivity (Wildman–Crippen MR) is 456 cm³/mol. The normalized spacial score (nSPS) is 11.8. The van der Waals surface area contributed by atoms with Gasteiger partial charge in [-0.2, -0.15) is 18.3 Å². The number of pyridine rings is 4. The Balaban J connectivity index is 0.000000229. The molecule has 8 heterocycles. The number of hydrogen-bond donors (Lipinski definition) is 2. The molecule has 0 atom stereocenters. The van der Waals surface area contributed by atoms with E-state index in [1.54, 1.807) is 98.7 Å². The lowest BCUT2D eigenvalue weighted by Gasteiger charge is -2.16. The van der Waals surface area contributed by atoms with Crippen molar-refractivity contribution in [3.8, 4) is 10.8 Å². The molecule has 2 N–H and O–H groups in total. The summed E-state index contributed by atoms with van der Waals surface area (Å²) in [6, 6.07) is 55.5. The van der Waals surface area contributed by atoms with Crippen molar-refractivity contribution in [1.29, 1.82) is 0 Å². The molecule has 0 bridgehead atoms. The van der Waals surface area contributed by atoms with Gasteiger partial charge >= 0.3 is 12.5 Å². The van der Waals surface area contributed by atoms with Gasteiger partial charge in [0.2, 0.25) is 0 Å². The highest BCUT2D eigenvalue weighted by Crippen LogP contribution is 2.32. The van der Waals surface area contributed by atoms with Crippen LogP contribution in [-0.2, 0) is 32.6 Å². The molecule has 12 nitrogen and oxygen atoms in total. The van der Waals surface area contributed by atoms with Crippen LogP contribution in [0.5, 0.6) is 5.75 Å². The third-order valence-electron chi connectivity index (χ3n) is 18.1. The summed E-state index contributed by atoms with van der Waals surface area (Å²) in [4.78, 5) is 35.5. The maximum atomic E-state index is 12.2. The molecule has 1 aliphatic rings. The zero-order valence-corrected chi connectivity index (χ0v) is 70.4. The van der Waals surface area contributed by atoms with Crippen molar-refractivity contribution in [1.82, 2.24) is 39.5 Å². The van der Waals surface area contributed by atoms with Crippen molar-refractivity contribution in [3.63, 3.8) is 0 Å². The molecule has 1 saturated heterocycles. The van der Waals surface area contributed by atoms with E-state index < -0.39 is 19.0 Å². The minimum atomic E-state index is -4.62. The maximum absolute atomic E-state index is 12.2. The highest BCUT2D eigenvalue weighted by molar-refractivity contribution is 7.12. The van der Waals surface area contributed by atoms with Gasteiger partial charge in [0.15, 0.2) is 0 Å². The molecule has 12 rings (SSSR count). The Kier molecular flexibility index (Phi) is 40.0. The van der Waals surface area contributed by atoms with Crippen LogP contribution in [0.3, 0.4) is 0 Å². The van der Waals surface area contributed by atoms with Crippen molar-refractivity contribution in [3.05, 3.63) is 316 Å². The van der Waals surface area contributed by atoms with Crippen LogP contribution in [0.15, 0.2) is 233 Å². The van der Waals surface area contributed by atoms with Crippen molar-refractivity contribution >= 4 is 28.5 Å². The maximum Gasteiger partial charge on any atom is 0.573 e. The monoisotopic (exact) mass is 1580 g/mol. The first-order chi connectivity index (χ1) is 53.2. The minimum absolute atomic E-state index is 0.00792. The van der Waals surface area contributed by atoms with Gasteiger partial charge in [-0.1, -0.05) is 220 Å². The van der Waals surface area contributed by atoms with Gasteiger partial charge in [-0.15, -0.1) is 35.8 Å². The van der Waals surface area contributed by atoms with Gasteiger partial charge in [0.25, 0.3) is 11.1 Å². The van der Waals surface area contributed by atoms with E-state index in [0.29, 0.717) is 53.2 Å². The number of hydrogen-bond acceptors (Lipinski definition) is 11. The second-order valence-corrected chi connectivity index (χ2v) is 31.8. The zero-order chi connectivity index (χ0) is 82.5. The number of thiophene rings is 2. The molecule has 1 aliphatic heterocycles. The van der Waals surface area contributed by atoms with Crippen molar-refractivity contribution in [2.24, 2.45) is 0 Å². The number of alkyl halides is 6. The Bertz CT molecular complexity index is 4470. The molecule has 604 valence electrons. The first-order valence-corrected chi connectivity index (χ1v) is 40.5. The Labute approximate surface area is 670 Å². The van der Waals surface area contributed by atoms with Crippen LogP contribution in [0.2, 0.25) is 0 Å². The summed E-state index contributed by atoms with van der Waals surface area (Å²) >= 11 is 3.33. The number of anilines is 1. The van der Waals surface area contributed by atoms with Crippen LogP contribution in [-0.4, -0.2) is 68.6 Å². The predicted octanol–water partition coefficient (Wildman–Crippen LogP) is 24.0. The Morgan fingerprint density at radius 3 is 1.50 bits per heavy atom. The smallest absolute Gasteiger partial charge is 0.405 e. The number of benzene rings is 4. The first kappa shape index (κ1) is 93.4. The van der Waals surface area contributed by atoms with Crippen LogP contribution >= 0.6 is 22.7 Å². The average Bonchev–Trinajstić information content (AvgIpc) is 1.74. The molecule has 0 radical (unpaired) electrons. The molecule has 11 aromatic rings. The summed E-state index contributed by atoms with van der Waals surface area (Å²) in [5, 5.41) is 15.7. The molecule has 4 aromatic carbocycles. The van der Waals surface area contributed by atoms with E-state index in [1.165, 1.54) is 87.4 Å². The van der Waals surface area contributed by atoms with E-state index >= 15 is 0 Å². The highest BCUT2D eigenvalue weighted by atomic mass is 32.1. The van der Waals surface area contributed by atoms with Gasteiger partial charge in [-0.05, 0) is 201 Å².